The molecule has 1 heterocycles. The predicted octanol–water partition coefficient (Wildman–Crippen LogP) is 2.59. The third-order valence-electron chi connectivity index (χ3n) is 3.22. The minimum Gasteiger partial charge on any atom is -0.477 e. The zero-order valence-corrected chi connectivity index (χ0v) is 13.4. The van der Waals surface area contributed by atoms with E-state index in [0.29, 0.717) is 0 Å². The molecular formula is C16H13N3O6. The standard InChI is InChI=1S/C16H13N3O6/c1-9(20)15-10(2)25-16(11(15)7-17)18-14(21)8-24-13-6-4-3-5-12(13)19(22)23/h3-6H,8H2,1-2H3,(H,18,21). The summed E-state index contributed by atoms with van der Waals surface area (Å²) in [7, 11) is 0. The molecule has 25 heavy (non-hydrogen) atoms. The van der Waals surface area contributed by atoms with Gasteiger partial charge in [-0.15, -0.1) is 0 Å². The van der Waals surface area contributed by atoms with Gasteiger partial charge in [0.25, 0.3) is 5.91 Å². The number of nitriles is 1. The van der Waals surface area contributed by atoms with Gasteiger partial charge in [0, 0.05) is 6.07 Å². The number of nitrogens with one attached hydrogen (secondary N) is 1. The Morgan fingerprint density at radius 3 is 2.68 bits per heavy atom. The van der Waals surface area contributed by atoms with Crippen molar-refractivity contribution in [1.29, 1.82) is 5.26 Å². The van der Waals surface area contributed by atoms with Crippen LogP contribution in [0.4, 0.5) is 11.6 Å². The second-order valence-corrected chi connectivity index (χ2v) is 4.97. The second-order valence-electron chi connectivity index (χ2n) is 4.97. The monoisotopic (exact) mass is 343 g/mol. The fourth-order valence-corrected chi connectivity index (χ4v) is 2.20. The van der Waals surface area contributed by atoms with Crippen LogP contribution in [-0.4, -0.2) is 23.2 Å². The minimum atomic E-state index is -0.696. The molecule has 1 aromatic carbocycles. The highest BCUT2D eigenvalue weighted by atomic mass is 16.6. The number of hydrogen-bond donors (Lipinski definition) is 1. The minimum absolute atomic E-state index is 0.0665. The van der Waals surface area contributed by atoms with Crippen LogP contribution in [0.15, 0.2) is 28.7 Å². The average molecular weight is 343 g/mol. The number of furan rings is 1. The maximum atomic E-state index is 12.0. The number of hydrogen-bond acceptors (Lipinski definition) is 7. The van der Waals surface area contributed by atoms with Crippen molar-refractivity contribution in [3.05, 3.63) is 51.3 Å². The van der Waals surface area contributed by atoms with Crippen molar-refractivity contribution in [2.75, 3.05) is 11.9 Å². The number of Topliss-reactive ketones (excluding diaryl/α,β-unsaturated/α-hetero) is 1. The Hall–Kier alpha value is -3.67. The molecule has 1 N–H and O–H groups in total. The van der Waals surface area contributed by atoms with E-state index >= 15 is 0 Å². The molecule has 0 atom stereocenters. The molecule has 1 amide bonds. The Labute approximate surface area is 142 Å². The molecule has 0 aliphatic carbocycles. The molecular weight excluding hydrogens is 330 g/mol. The summed E-state index contributed by atoms with van der Waals surface area (Å²) in [4.78, 5) is 33.8. The number of nitro groups is 1. The van der Waals surface area contributed by atoms with Gasteiger partial charge in [-0.3, -0.25) is 25.0 Å². The van der Waals surface area contributed by atoms with E-state index in [2.05, 4.69) is 5.32 Å². The maximum absolute atomic E-state index is 12.0. The van der Waals surface area contributed by atoms with E-state index in [9.17, 15) is 19.7 Å². The molecule has 9 nitrogen and oxygen atoms in total. The van der Waals surface area contributed by atoms with Gasteiger partial charge in [0.1, 0.15) is 17.4 Å². The summed E-state index contributed by atoms with van der Waals surface area (Å²) in [5.74, 6) is -1.09. The molecule has 0 unspecified atom stereocenters. The van der Waals surface area contributed by atoms with Crippen LogP contribution in [0.2, 0.25) is 0 Å². The van der Waals surface area contributed by atoms with Gasteiger partial charge in [0.2, 0.25) is 5.88 Å². The van der Waals surface area contributed by atoms with Crippen molar-refractivity contribution >= 4 is 23.3 Å². The van der Waals surface area contributed by atoms with Gasteiger partial charge in [-0.25, -0.2) is 0 Å². The normalized spacial score (nSPS) is 9.96. The summed E-state index contributed by atoms with van der Waals surface area (Å²) in [5, 5.41) is 22.4. The summed E-state index contributed by atoms with van der Waals surface area (Å²) < 4.78 is 10.4. The third kappa shape index (κ3) is 3.81. The van der Waals surface area contributed by atoms with E-state index in [0.717, 1.165) is 0 Å². The summed E-state index contributed by atoms with van der Waals surface area (Å²) in [6.07, 6.45) is 0. The van der Waals surface area contributed by atoms with Crippen molar-refractivity contribution in [1.82, 2.24) is 0 Å². The lowest BCUT2D eigenvalue weighted by atomic mass is 10.1. The molecule has 2 rings (SSSR count). The molecule has 0 saturated heterocycles. The number of benzene rings is 1. The first-order chi connectivity index (χ1) is 11.8. The SMILES string of the molecule is CC(=O)c1c(C)oc(NC(=O)COc2ccccc2[N+](=O)[O-])c1C#N. The summed E-state index contributed by atoms with van der Waals surface area (Å²) in [6, 6.07) is 7.42. The highest BCUT2D eigenvalue weighted by Gasteiger charge is 2.23. The number of ketones is 1. The molecule has 2 aromatic rings. The fraction of sp³-hybridized carbons (Fsp3) is 0.188. The Kier molecular flexibility index (Phi) is 5.14. The van der Waals surface area contributed by atoms with Crippen molar-refractivity contribution in [2.45, 2.75) is 13.8 Å². The van der Waals surface area contributed by atoms with Crippen LogP contribution < -0.4 is 10.1 Å². The van der Waals surface area contributed by atoms with Crippen molar-refractivity contribution in [2.24, 2.45) is 0 Å². The van der Waals surface area contributed by atoms with E-state index < -0.39 is 17.4 Å². The Morgan fingerprint density at radius 1 is 1.40 bits per heavy atom. The van der Waals surface area contributed by atoms with Crippen molar-refractivity contribution in [3.63, 3.8) is 0 Å². The van der Waals surface area contributed by atoms with E-state index in [4.69, 9.17) is 14.4 Å². The molecule has 128 valence electrons. The molecule has 9 heteroatoms. The quantitative estimate of drug-likeness (QED) is 0.483. The van der Waals surface area contributed by atoms with Gasteiger partial charge in [-0.1, -0.05) is 12.1 Å². The third-order valence-corrected chi connectivity index (χ3v) is 3.22. The van der Waals surface area contributed by atoms with Gasteiger partial charge in [-0.05, 0) is 19.9 Å². The first-order valence-electron chi connectivity index (χ1n) is 7.05. The predicted molar refractivity (Wildman–Crippen MR) is 85.4 cm³/mol. The molecule has 1 aromatic heterocycles. The maximum Gasteiger partial charge on any atom is 0.310 e. The van der Waals surface area contributed by atoms with Gasteiger partial charge in [0.15, 0.2) is 18.1 Å². The zero-order chi connectivity index (χ0) is 18.6. The van der Waals surface area contributed by atoms with Crippen molar-refractivity contribution in [3.8, 4) is 11.8 Å². The number of nitrogens with zero attached hydrogens (tertiary/aromatic N) is 2. The summed E-state index contributed by atoms with van der Waals surface area (Å²) >= 11 is 0. The molecule has 0 fully saturated rings. The molecule has 0 bridgehead atoms. The van der Waals surface area contributed by atoms with Crippen LogP contribution in [0.25, 0.3) is 0 Å². The number of rotatable bonds is 6. The van der Waals surface area contributed by atoms with Crippen LogP contribution in [0, 0.1) is 28.4 Å². The lowest BCUT2D eigenvalue weighted by molar-refractivity contribution is -0.385. The molecule has 0 aliphatic rings. The number of carbonyl (C=O) groups is 2. The van der Waals surface area contributed by atoms with Crippen molar-refractivity contribution < 1.29 is 23.7 Å². The second kappa shape index (κ2) is 7.27. The van der Waals surface area contributed by atoms with Gasteiger partial charge < -0.3 is 9.15 Å². The molecule has 0 saturated carbocycles. The Morgan fingerprint density at radius 2 is 2.08 bits per heavy atom. The van der Waals surface area contributed by atoms with Crippen LogP contribution >= 0.6 is 0 Å². The zero-order valence-electron chi connectivity index (χ0n) is 13.4. The van der Waals surface area contributed by atoms with E-state index in [1.165, 1.54) is 38.1 Å². The number of amides is 1. The number of para-hydroxylation sites is 2. The number of carbonyl (C=O) groups excluding carboxylic acids is 2. The smallest absolute Gasteiger partial charge is 0.310 e. The van der Waals surface area contributed by atoms with Crippen LogP contribution in [0.5, 0.6) is 5.75 Å². The lowest BCUT2D eigenvalue weighted by Gasteiger charge is -2.06. The fourth-order valence-electron chi connectivity index (χ4n) is 2.20. The summed E-state index contributed by atoms with van der Waals surface area (Å²) in [5.41, 5.74) is -0.262. The molecule has 0 spiro atoms. The Bertz CT molecular complexity index is 894. The lowest BCUT2D eigenvalue weighted by Crippen LogP contribution is -2.20. The van der Waals surface area contributed by atoms with E-state index in [1.807, 2.05) is 6.07 Å². The van der Waals surface area contributed by atoms with Gasteiger partial charge in [0.05, 0.1) is 10.5 Å². The highest BCUT2D eigenvalue weighted by molar-refractivity contribution is 6.01. The molecule has 0 aliphatic heterocycles. The average Bonchev–Trinajstić information content (AvgIpc) is 2.88. The highest BCUT2D eigenvalue weighted by Crippen LogP contribution is 2.28. The first-order valence-corrected chi connectivity index (χ1v) is 7.05. The summed E-state index contributed by atoms with van der Waals surface area (Å²) in [6.45, 7) is 2.24. The number of anilines is 1. The first kappa shape index (κ1) is 17.7. The number of nitro benzene ring substituents is 1. The number of ether oxygens (including phenoxy) is 1. The largest absolute Gasteiger partial charge is 0.477 e. The molecule has 0 radical (unpaired) electrons. The van der Waals surface area contributed by atoms with Gasteiger partial charge >= 0.3 is 5.69 Å². The Balaban J connectivity index is 2.12. The van der Waals surface area contributed by atoms with E-state index in [-0.39, 0.29) is 40.0 Å². The topological polar surface area (TPSA) is 135 Å². The van der Waals surface area contributed by atoms with Crippen LogP contribution in [0.1, 0.15) is 28.6 Å². The van der Waals surface area contributed by atoms with Crippen LogP contribution in [0.3, 0.4) is 0 Å². The van der Waals surface area contributed by atoms with E-state index in [1.54, 1.807) is 0 Å². The van der Waals surface area contributed by atoms with Crippen LogP contribution in [-0.2, 0) is 4.79 Å². The van der Waals surface area contributed by atoms with Gasteiger partial charge in [-0.2, -0.15) is 5.26 Å². The number of aryl methyl sites for hydroxylation is 1.